The lowest BCUT2D eigenvalue weighted by Gasteiger charge is -2.23. The van der Waals surface area contributed by atoms with Crippen LogP contribution in [0.1, 0.15) is 30.5 Å². The molecule has 7 heteroatoms. The van der Waals surface area contributed by atoms with Crippen LogP contribution >= 0.6 is 15.9 Å². The second-order valence-corrected chi connectivity index (χ2v) is 16.5. The van der Waals surface area contributed by atoms with Gasteiger partial charge in [0.1, 0.15) is 11.3 Å². The summed E-state index contributed by atoms with van der Waals surface area (Å²) in [7, 11) is -1.15. The van der Waals surface area contributed by atoms with Crippen molar-refractivity contribution in [2.75, 3.05) is 19.8 Å². The van der Waals surface area contributed by atoms with Gasteiger partial charge in [-0.3, -0.25) is 0 Å². The second-order valence-electron chi connectivity index (χ2n) is 10.1. The highest BCUT2D eigenvalue weighted by Crippen LogP contribution is 2.37. The Labute approximate surface area is 206 Å². The smallest absolute Gasteiger partial charge is 0.192 e. The maximum Gasteiger partial charge on any atom is 0.192 e. The molecule has 0 N–H and O–H groups in total. The number of ether oxygens (including phenoxy) is 3. The zero-order valence-corrected chi connectivity index (χ0v) is 23.2. The van der Waals surface area contributed by atoms with E-state index < -0.39 is 13.9 Å². The molecule has 0 spiro atoms. The molecule has 3 heterocycles. The van der Waals surface area contributed by atoms with E-state index in [9.17, 15) is 0 Å². The predicted octanol–water partition coefficient (Wildman–Crippen LogP) is 6.87. The summed E-state index contributed by atoms with van der Waals surface area (Å²) in [4.78, 5) is 4.92. The van der Waals surface area contributed by atoms with E-state index in [-0.39, 0.29) is 0 Å². The van der Waals surface area contributed by atoms with E-state index in [1.807, 2.05) is 6.92 Å². The largest absolute Gasteiger partial charge is 0.361 e. The summed E-state index contributed by atoms with van der Waals surface area (Å²) in [6.07, 6.45) is 0.891. The molecule has 0 radical (unpaired) electrons. The molecule has 1 saturated heterocycles. The lowest BCUT2D eigenvalue weighted by molar-refractivity contribution is -0.149. The quantitative estimate of drug-likeness (QED) is 0.181. The predicted molar refractivity (Wildman–Crippen MR) is 140 cm³/mol. The minimum absolute atomic E-state index is 0.519. The average molecular weight is 532 g/mol. The first-order valence-corrected chi connectivity index (χ1v) is 16.3. The van der Waals surface area contributed by atoms with Crippen molar-refractivity contribution in [1.29, 1.82) is 0 Å². The van der Waals surface area contributed by atoms with Crippen LogP contribution in [0.2, 0.25) is 25.7 Å². The molecule has 0 atom stereocenters. The fourth-order valence-corrected chi connectivity index (χ4v) is 5.39. The molecule has 0 amide bonds. The van der Waals surface area contributed by atoms with Crippen LogP contribution in [0.15, 0.2) is 34.9 Å². The SMILES string of the molecule is CCc1c(-c2ccc(C3(C)OCCO3)cc2)n(COCC[Si](C)(C)C)c2cc(C)c(Br)nc12. The maximum absolute atomic E-state index is 6.23. The van der Waals surface area contributed by atoms with E-state index in [1.165, 1.54) is 11.3 Å². The number of hydrogen-bond acceptors (Lipinski definition) is 4. The molecule has 3 aromatic rings. The first-order chi connectivity index (χ1) is 15.6. The summed E-state index contributed by atoms with van der Waals surface area (Å²) < 4.78 is 21.1. The molecule has 0 saturated carbocycles. The Balaban J connectivity index is 1.77. The third-order valence-electron chi connectivity index (χ3n) is 6.35. The summed E-state index contributed by atoms with van der Waals surface area (Å²) >= 11 is 3.63. The van der Waals surface area contributed by atoms with Crippen LogP contribution in [-0.4, -0.2) is 37.4 Å². The molecule has 1 aromatic carbocycles. The summed E-state index contributed by atoms with van der Waals surface area (Å²) in [6.45, 7) is 16.0. The van der Waals surface area contributed by atoms with Crippen molar-refractivity contribution in [2.45, 2.75) is 65.4 Å². The van der Waals surface area contributed by atoms with Crippen molar-refractivity contribution in [3.63, 3.8) is 0 Å². The van der Waals surface area contributed by atoms with Gasteiger partial charge in [0.25, 0.3) is 0 Å². The number of aryl methyl sites for hydroxylation is 2. The second kappa shape index (κ2) is 9.62. The van der Waals surface area contributed by atoms with E-state index in [4.69, 9.17) is 19.2 Å². The number of aromatic nitrogens is 2. The number of hydrogen-bond donors (Lipinski definition) is 0. The average Bonchev–Trinajstić information content (AvgIpc) is 3.33. The van der Waals surface area contributed by atoms with Crippen molar-refractivity contribution in [2.24, 2.45) is 0 Å². The fraction of sp³-hybridized carbons (Fsp3) is 0.500. The summed E-state index contributed by atoms with van der Waals surface area (Å²) in [6, 6.07) is 11.9. The third-order valence-corrected chi connectivity index (χ3v) is 8.86. The van der Waals surface area contributed by atoms with Gasteiger partial charge in [-0.15, -0.1) is 0 Å². The van der Waals surface area contributed by atoms with Crippen molar-refractivity contribution in [3.8, 4) is 11.3 Å². The van der Waals surface area contributed by atoms with Gasteiger partial charge in [-0.05, 0) is 59.4 Å². The highest BCUT2D eigenvalue weighted by Gasteiger charge is 2.33. The van der Waals surface area contributed by atoms with Crippen molar-refractivity contribution >= 4 is 35.0 Å². The van der Waals surface area contributed by atoms with Gasteiger partial charge in [0, 0.05) is 25.8 Å². The lowest BCUT2D eigenvalue weighted by atomic mass is 10.0. The van der Waals surface area contributed by atoms with Gasteiger partial charge < -0.3 is 18.8 Å². The van der Waals surface area contributed by atoms with Crippen molar-refractivity contribution in [3.05, 3.63) is 51.6 Å². The van der Waals surface area contributed by atoms with Gasteiger partial charge in [-0.25, -0.2) is 4.98 Å². The van der Waals surface area contributed by atoms with Crippen LogP contribution in [-0.2, 0) is 33.1 Å². The van der Waals surface area contributed by atoms with Crippen LogP contribution in [0.3, 0.4) is 0 Å². The van der Waals surface area contributed by atoms with E-state index >= 15 is 0 Å². The minimum atomic E-state index is -1.15. The highest BCUT2D eigenvalue weighted by atomic mass is 79.9. The number of halogens is 1. The molecule has 4 rings (SSSR count). The van der Waals surface area contributed by atoms with Gasteiger partial charge >= 0.3 is 0 Å². The monoisotopic (exact) mass is 530 g/mol. The molecule has 5 nitrogen and oxygen atoms in total. The molecular weight excluding hydrogens is 496 g/mol. The number of pyridine rings is 1. The Morgan fingerprint density at radius 1 is 1.15 bits per heavy atom. The summed E-state index contributed by atoms with van der Waals surface area (Å²) in [5, 5.41) is 0. The first-order valence-electron chi connectivity index (χ1n) is 11.8. The number of benzene rings is 1. The minimum Gasteiger partial charge on any atom is -0.361 e. The van der Waals surface area contributed by atoms with Gasteiger partial charge in [-0.2, -0.15) is 0 Å². The van der Waals surface area contributed by atoms with Crippen molar-refractivity contribution in [1.82, 2.24) is 9.55 Å². The van der Waals surface area contributed by atoms with Crippen LogP contribution < -0.4 is 0 Å². The molecule has 0 unspecified atom stereocenters. The zero-order valence-electron chi connectivity index (χ0n) is 20.6. The molecule has 0 bridgehead atoms. The van der Waals surface area contributed by atoms with Gasteiger partial charge in [0.05, 0.1) is 29.9 Å². The van der Waals surface area contributed by atoms with Gasteiger partial charge in [-0.1, -0.05) is 50.8 Å². The fourth-order valence-electron chi connectivity index (χ4n) is 4.35. The Morgan fingerprint density at radius 3 is 2.42 bits per heavy atom. The number of rotatable bonds is 8. The lowest BCUT2D eigenvalue weighted by Crippen LogP contribution is -2.22. The molecule has 1 aliphatic heterocycles. The first kappa shape index (κ1) is 24.6. The standard InChI is InChI=1S/C26H35BrN2O3Si/c1-7-21-23-22(16-18(2)25(27)28-23)29(17-30-14-15-33(4,5)6)24(21)19-8-10-20(11-9-19)26(3)31-12-13-32-26/h8-11,16H,7,12-15,17H2,1-6H3. The third kappa shape index (κ3) is 5.12. The van der Waals surface area contributed by atoms with E-state index in [0.717, 1.165) is 51.4 Å². The van der Waals surface area contributed by atoms with E-state index in [1.54, 1.807) is 0 Å². The Hall–Kier alpha value is -1.51. The van der Waals surface area contributed by atoms with Crippen LogP contribution in [0.25, 0.3) is 22.3 Å². The topological polar surface area (TPSA) is 45.5 Å². The zero-order chi connectivity index (χ0) is 23.8. The van der Waals surface area contributed by atoms with Gasteiger partial charge in [0.2, 0.25) is 0 Å². The number of fused-ring (bicyclic) bond motifs is 1. The summed E-state index contributed by atoms with van der Waals surface area (Å²) in [5.41, 5.74) is 7.88. The Kier molecular flexibility index (Phi) is 7.17. The van der Waals surface area contributed by atoms with Crippen LogP contribution in [0.4, 0.5) is 0 Å². The summed E-state index contributed by atoms with van der Waals surface area (Å²) in [5.74, 6) is -0.664. The molecular formula is C26H35BrN2O3Si. The van der Waals surface area contributed by atoms with Crippen LogP contribution in [0, 0.1) is 6.92 Å². The van der Waals surface area contributed by atoms with Gasteiger partial charge in [0.15, 0.2) is 5.79 Å². The Morgan fingerprint density at radius 2 is 1.82 bits per heavy atom. The highest BCUT2D eigenvalue weighted by molar-refractivity contribution is 9.10. The van der Waals surface area contributed by atoms with Crippen LogP contribution in [0.5, 0.6) is 0 Å². The van der Waals surface area contributed by atoms with E-state index in [0.29, 0.717) is 19.9 Å². The molecule has 1 fully saturated rings. The molecule has 178 valence electrons. The van der Waals surface area contributed by atoms with Crippen molar-refractivity contribution < 1.29 is 14.2 Å². The molecule has 33 heavy (non-hydrogen) atoms. The maximum atomic E-state index is 6.23. The molecule has 0 aliphatic carbocycles. The normalized spacial score (nSPS) is 16.1. The number of nitrogens with zero attached hydrogens (tertiary/aromatic N) is 2. The molecule has 1 aliphatic rings. The van der Waals surface area contributed by atoms with E-state index in [2.05, 4.69) is 84.3 Å². The Bertz CT molecular complexity index is 1130. The molecule has 2 aromatic heterocycles.